The maximum atomic E-state index is 12.0. The van der Waals surface area contributed by atoms with E-state index >= 15 is 0 Å². The van der Waals surface area contributed by atoms with Gasteiger partial charge in [-0.3, -0.25) is 0 Å². The number of rotatable bonds is 2. The second-order valence-electron chi connectivity index (χ2n) is 2.33. The SMILES string of the molecule is O=S(=O)(F)/C=C/c1ccc(I)cc1. The Bertz CT molecular complexity index is 408. The third-order valence-electron chi connectivity index (χ3n) is 1.29. The monoisotopic (exact) mass is 312 g/mol. The van der Waals surface area contributed by atoms with Crippen molar-refractivity contribution in [2.75, 3.05) is 0 Å². The van der Waals surface area contributed by atoms with Crippen LogP contribution in [0.2, 0.25) is 0 Å². The summed E-state index contributed by atoms with van der Waals surface area (Å²) < 4.78 is 33.3. The molecule has 0 aliphatic carbocycles. The van der Waals surface area contributed by atoms with Crippen LogP contribution in [0.1, 0.15) is 5.56 Å². The van der Waals surface area contributed by atoms with Gasteiger partial charge in [0, 0.05) is 3.57 Å². The quantitative estimate of drug-likeness (QED) is 0.621. The topological polar surface area (TPSA) is 34.1 Å². The molecule has 0 aliphatic rings. The van der Waals surface area contributed by atoms with Crippen molar-refractivity contribution in [3.63, 3.8) is 0 Å². The number of benzene rings is 1. The van der Waals surface area contributed by atoms with Crippen LogP contribution >= 0.6 is 22.6 Å². The van der Waals surface area contributed by atoms with Crippen LogP contribution < -0.4 is 0 Å². The van der Waals surface area contributed by atoms with Gasteiger partial charge in [0.15, 0.2) is 0 Å². The molecule has 0 spiro atoms. The molecule has 1 aromatic rings. The van der Waals surface area contributed by atoms with Crippen LogP contribution in [-0.4, -0.2) is 8.42 Å². The maximum Gasteiger partial charge on any atom is 0.325 e. The largest absolute Gasteiger partial charge is 0.325 e. The highest BCUT2D eigenvalue weighted by molar-refractivity contribution is 14.1. The highest BCUT2D eigenvalue weighted by atomic mass is 127. The van der Waals surface area contributed by atoms with E-state index in [4.69, 9.17) is 0 Å². The fourth-order valence-corrected chi connectivity index (χ4v) is 1.41. The first-order valence-electron chi connectivity index (χ1n) is 3.36. The minimum Gasteiger partial charge on any atom is -0.190 e. The summed E-state index contributed by atoms with van der Waals surface area (Å²) in [6, 6.07) is 7.04. The van der Waals surface area contributed by atoms with Gasteiger partial charge in [-0.05, 0) is 46.4 Å². The Morgan fingerprint density at radius 2 is 1.77 bits per heavy atom. The Labute approximate surface area is 89.8 Å². The molecule has 0 amide bonds. The van der Waals surface area contributed by atoms with Crippen molar-refractivity contribution < 1.29 is 12.3 Å². The molecule has 0 saturated carbocycles. The third kappa shape index (κ3) is 4.37. The molecule has 13 heavy (non-hydrogen) atoms. The first-order valence-corrected chi connectivity index (χ1v) is 5.88. The van der Waals surface area contributed by atoms with Crippen LogP contribution in [0.25, 0.3) is 6.08 Å². The molecule has 0 fully saturated rings. The van der Waals surface area contributed by atoms with E-state index in [0.29, 0.717) is 11.0 Å². The van der Waals surface area contributed by atoms with Crippen LogP contribution in [0.3, 0.4) is 0 Å². The van der Waals surface area contributed by atoms with E-state index in [9.17, 15) is 12.3 Å². The molecule has 0 aromatic heterocycles. The Balaban J connectivity index is 2.88. The van der Waals surface area contributed by atoms with Crippen LogP contribution in [0.4, 0.5) is 3.89 Å². The van der Waals surface area contributed by atoms with Crippen molar-refractivity contribution in [2.45, 2.75) is 0 Å². The molecular weight excluding hydrogens is 306 g/mol. The molecular formula is C8H6FIO2S. The molecule has 0 radical (unpaired) electrons. The fourth-order valence-electron chi connectivity index (χ4n) is 0.734. The van der Waals surface area contributed by atoms with E-state index in [2.05, 4.69) is 22.6 Å². The maximum absolute atomic E-state index is 12.0. The summed E-state index contributed by atoms with van der Waals surface area (Å²) in [5, 5.41) is 0.537. The lowest BCUT2D eigenvalue weighted by atomic mass is 10.2. The van der Waals surface area contributed by atoms with Crippen LogP contribution in [0.15, 0.2) is 29.7 Å². The predicted octanol–water partition coefficient (Wildman–Crippen LogP) is 2.56. The van der Waals surface area contributed by atoms with Gasteiger partial charge < -0.3 is 0 Å². The zero-order valence-corrected chi connectivity index (χ0v) is 9.42. The molecule has 0 unspecified atom stereocenters. The summed E-state index contributed by atoms with van der Waals surface area (Å²) in [7, 11) is -4.51. The van der Waals surface area contributed by atoms with Gasteiger partial charge in [0.2, 0.25) is 0 Å². The standard InChI is InChI=1S/C8H6FIO2S/c9-13(11,12)6-5-7-1-3-8(10)4-2-7/h1-6H/b6-5+. The molecule has 0 heterocycles. The first-order chi connectivity index (χ1) is 5.97. The molecule has 0 N–H and O–H groups in total. The van der Waals surface area contributed by atoms with Crippen molar-refractivity contribution in [3.05, 3.63) is 38.8 Å². The molecule has 1 rings (SSSR count). The van der Waals surface area contributed by atoms with E-state index in [1.165, 1.54) is 6.08 Å². The van der Waals surface area contributed by atoms with Crippen LogP contribution in [0, 0.1) is 3.57 Å². The minimum atomic E-state index is -4.51. The van der Waals surface area contributed by atoms with E-state index in [1.54, 1.807) is 12.1 Å². The van der Waals surface area contributed by atoms with Gasteiger partial charge in [-0.2, -0.15) is 8.42 Å². The first kappa shape index (κ1) is 10.6. The van der Waals surface area contributed by atoms with Crippen LogP contribution in [-0.2, 0) is 10.2 Å². The summed E-state index contributed by atoms with van der Waals surface area (Å²) >= 11 is 2.12. The third-order valence-corrected chi connectivity index (χ3v) is 2.47. The van der Waals surface area contributed by atoms with Crippen molar-refractivity contribution in [1.29, 1.82) is 0 Å². The van der Waals surface area contributed by atoms with Crippen molar-refractivity contribution in [1.82, 2.24) is 0 Å². The molecule has 5 heteroatoms. The van der Waals surface area contributed by atoms with Gasteiger partial charge in [-0.15, -0.1) is 3.89 Å². The molecule has 0 aliphatic heterocycles. The predicted molar refractivity (Wildman–Crippen MR) is 58.2 cm³/mol. The normalized spacial score (nSPS) is 12.2. The van der Waals surface area contributed by atoms with E-state index in [1.807, 2.05) is 12.1 Å². The Morgan fingerprint density at radius 1 is 1.23 bits per heavy atom. The summed E-state index contributed by atoms with van der Waals surface area (Å²) in [5.74, 6) is 0. The van der Waals surface area contributed by atoms with Gasteiger partial charge in [0.05, 0.1) is 5.41 Å². The van der Waals surface area contributed by atoms with Gasteiger partial charge in [-0.25, -0.2) is 0 Å². The summed E-state index contributed by atoms with van der Waals surface area (Å²) in [6.45, 7) is 0. The molecule has 2 nitrogen and oxygen atoms in total. The Kier molecular flexibility index (Phi) is 3.43. The highest BCUT2D eigenvalue weighted by Gasteiger charge is 1.97. The Morgan fingerprint density at radius 3 is 2.23 bits per heavy atom. The Hall–Kier alpha value is -0.430. The van der Waals surface area contributed by atoms with Gasteiger partial charge in [0.25, 0.3) is 0 Å². The van der Waals surface area contributed by atoms with Crippen molar-refractivity contribution >= 4 is 38.9 Å². The number of halogens is 2. The summed E-state index contributed by atoms with van der Waals surface area (Å²) in [5.41, 5.74) is 0.654. The second-order valence-corrected chi connectivity index (χ2v) is 4.80. The van der Waals surface area contributed by atoms with Crippen molar-refractivity contribution in [3.8, 4) is 0 Å². The van der Waals surface area contributed by atoms with Gasteiger partial charge in [-0.1, -0.05) is 12.1 Å². The van der Waals surface area contributed by atoms with E-state index in [0.717, 1.165) is 3.57 Å². The summed E-state index contributed by atoms with van der Waals surface area (Å²) in [6.07, 6.45) is 1.21. The zero-order chi connectivity index (χ0) is 9.90. The summed E-state index contributed by atoms with van der Waals surface area (Å²) in [4.78, 5) is 0. The number of hydrogen-bond donors (Lipinski definition) is 0. The van der Waals surface area contributed by atoms with Gasteiger partial charge in [0.1, 0.15) is 0 Å². The molecule has 0 saturated heterocycles. The lowest BCUT2D eigenvalue weighted by Gasteiger charge is -1.91. The smallest absolute Gasteiger partial charge is 0.190 e. The lowest BCUT2D eigenvalue weighted by Crippen LogP contribution is -1.81. The van der Waals surface area contributed by atoms with E-state index in [-0.39, 0.29) is 0 Å². The molecule has 70 valence electrons. The average molecular weight is 312 g/mol. The highest BCUT2D eigenvalue weighted by Crippen LogP contribution is 2.09. The molecule has 0 bridgehead atoms. The second kappa shape index (κ2) is 4.19. The van der Waals surface area contributed by atoms with Crippen molar-refractivity contribution in [2.24, 2.45) is 0 Å². The molecule has 1 aromatic carbocycles. The molecule has 0 atom stereocenters. The zero-order valence-electron chi connectivity index (χ0n) is 6.44. The fraction of sp³-hybridized carbons (Fsp3) is 0. The number of hydrogen-bond acceptors (Lipinski definition) is 2. The lowest BCUT2D eigenvalue weighted by molar-refractivity contribution is 0.563. The van der Waals surface area contributed by atoms with Gasteiger partial charge >= 0.3 is 10.2 Å². The minimum absolute atomic E-state index is 0.537. The van der Waals surface area contributed by atoms with E-state index < -0.39 is 10.2 Å². The van der Waals surface area contributed by atoms with Crippen LogP contribution in [0.5, 0.6) is 0 Å². The average Bonchev–Trinajstić information content (AvgIpc) is 2.02.